The smallest absolute Gasteiger partial charge is 0.178 e. The molecule has 0 aliphatic rings. The SMILES string of the molecule is Cc1cc(N(C)C)cc[nH+]1.[Cl-]. The van der Waals surface area contributed by atoms with Gasteiger partial charge in [0.05, 0.1) is 0 Å². The van der Waals surface area contributed by atoms with Gasteiger partial charge in [-0.15, -0.1) is 0 Å². The zero-order valence-corrected chi connectivity index (χ0v) is 7.81. The molecule has 0 radical (unpaired) electrons. The van der Waals surface area contributed by atoms with Crippen LogP contribution in [0.15, 0.2) is 18.3 Å². The number of pyridine rings is 1. The Kier molecular flexibility index (Phi) is 3.90. The van der Waals surface area contributed by atoms with Crippen LogP contribution in [0, 0.1) is 6.92 Å². The van der Waals surface area contributed by atoms with Crippen molar-refractivity contribution in [2.45, 2.75) is 6.92 Å². The molecule has 3 heteroatoms. The van der Waals surface area contributed by atoms with Crippen molar-refractivity contribution in [2.75, 3.05) is 19.0 Å². The number of halogens is 1. The maximum Gasteiger partial charge on any atom is 0.178 e. The van der Waals surface area contributed by atoms with E-state index in [1.807, 2.05) is 33.3 Å². The van der Waals surface area contributed by atoms with Gasteiger partial charge in [0.1, 0.15) is 0 Å². The van der Waals surface area contributed by atoms with Gasteiger partial charge in [0, 0.05) is 38.8 Å². The minimum Gasteiger partial charge on any atom is -1.00 e. The molecule has 11 heavy (non-hydrogen) atoms. The van der Waals surface area contributed by atoms with Gasteiger partial charge in [-0.2, -0.15) is 0 Å². The second-order valence-electron chi connectivity index (χ2n) is 2.62. The maximum atomic E-state index is 3.10. The molecule has 2 nitrogen and oxygen atoms in total. The normalized spacial score (nSPS) is 8.64. The van der Waals surface area contributed by atoms with E-state index in [9.17, 15) is 0 Å². The molecule has 0 aliphatic carbocycles. The van der Waals surface area contributed by atoms with E-state index in [1.165, 1.54) is 11.4 Å². The van der Waals surface area contributed by atoms with Crippen LogP contribution >= 0.6 is 0 Å². The Morgan fingerprint density at radius 1 is 1.36 bits per heavy atom. The number of rotatable bonds is 1. The lowest BCUT2D eigenvalue weighted by atomic mass is 10.3. The minimum absolute atomic E-state index is 0. The highest BCUT2D eigenvalue weighted by Crippen LogP contribution is 2.07. The van der Waals surface area contributed by atoms with Gasteiger partial charge in [-0.25, -0.2) is 4.98 Å². The first-order valence-corrected chi connectivity index (χ1v) is 3.36. The lowest BCUT2D eigenvalue weighted by Crippen LogP contribution is -3.00. The predicted octanol–water partition coefficient (Wildman–Crippen LogP) is -2.12. The van der Waals surface area contributed by atoms with Crippen LogP contribution in [-0.4, -0.2) is 14.1 Å². The molecular formula is C8H13ClN2. The molecule has 1 heterocycles. The van der Waals surface area contributed by atoms with Crippen LogP contribution in [0.25, 0.3) is 0 Å². The minimum atomic E-state index is 0. The van der Waals surface area contributed by atoms with Gasteiger partial charge in [-0.05, 0) is 0 Å². The molecule has 0 fully saturated rings. The van der Waals surface area contributed by atoms with Crippen molar-refractivity contribution >= 4 is 5.69 Å². The zero-order valence-electron chi connectivity index (χ0n) is 7.06. The van der Waals surface area contributed by atoms with E-state index in [-0.39, 0.29) is 12.4 Å². The molecule has 0 bridgehead atoms. The van der Waals surface area contributed by atoms with Crippen LogP contribution in [0.3, 0.4) is 0 Å². The Hall–Kier alpha value is -0.760. The fourth-order valence-electron chi connectivity index (χ4n) is 0.848. The number of anilines is 1. The van der Waals surface area contributed by atoms with Crippen molar-refractivity contribution in [3.8, 4) is 0 Å². The summed E-state index contributed by atoms with van der Waals surface area (Å²) in [5.41, 5.74) is 2.42. The monoisotopic (exact) mass is 172 g/mol. The molecule has 0 saturated heterocycles. The molecule has 1 aromatic rings. The summed E-state index contributed by atoms with van der Waals surface area (Å²) in [5, 5.41) is 0. The number of hydrogen-bond acceptors (Lipinski definition) is 1. The van der Waals surface area contributed by atoms with Gasteiger partial charge in [-0.3, -0.25) is 0 Å². The van der Waals surface area contributed by atoms with Gasteiger partial charge in [0.25, 0.3) is 0 Å². The van der Waals surface area contributed by atoms with Crippen LogP contribution in [0.2, 0.25) is 0 Å². The molecular weight excluding hydrogens is 160 g/mol. The van der Waals surface area contributed by atoms with Crippen LogP contribution in [0.5, 0.6) is 0 Å². The Labute approximate surface area is 73.7 Å². The summed E-state index contributed by atoms with van der Waals surface area (Å²) in [6.07, 6.45) is 1.95. The van der Waals surface area contributed by atoms with E-state index in [2.05, 4.69) is 16.0 Å². The molecule has 0 aromatic carbocycles. The Balaban J connectivity index is 0.000001000. The number of hydrogen-bond donors (Lipinski definition) is 0. The number of aryl methyl sites for hydroxylation is 1. The van der Waals surface area contributed by atoms with E-state index >= 15 is 0 Å². The third-order valence-electron chi connectivity index (χ3n) is 1.45. The first kappa shape index (κ1) is 10.2. The van der Waals surface area contributed by atoms with E-state index in [0.29, 0.717) is 0 Å². The molecule has 0 amide bonds. The predicted molar refractivity (Wildman–Crippen MR) is 42.1 cm³/mol. The van der Waals surface area contributed by atoms with Crippen LogP contribution < -0.4 is 22.3 Å². The molecule has 0 unspecified atom stereocenters. The van der Waals surface area contributed by atoms with Crippen LogP contribution in [0.1, 0.15) is 5.69 Å². The standard InChI is InChI=1S/C8H12N2.ClH/c1-7-6-8(10(2)3)4-5-9-7;/h4-6H,1-3H3;1H. The Morgan fingerprint density at radius 3 is 2.36 bits per heavy atom. The summed E-state index contributed by atoms with van der Waals surface area (Å²) in [6, 6.07) is 4.16. The van der Waals surface area contributed by atoms with Crippen molar-refractivity contribution in [1.29, 1.82) is 0 Å². The maximum absolute atomic E-state index is 3.10. The van der Waals surface area contributed by atoms with Crippen molar-refractivity contribution in [2.24, 2.45) is 0 Å². The first-order valence-electron chi connectivity index (χ1n) is 3.36. The van der Waals surface area contributed by atoms with Crippen molar-refractivity contribution in [3.63, 3.8) is 0 Å². The highest BCUT2D eigenvalue weighted by molar-refractivity contribution is 5.42. The summed E-state index contributed by atoms with van der Waals surface area (Å²) in [4.78, 5) is 5.18. The van der Waals surface area contributed by atoms with Crippen LogP contribution in [-0.2, 0) is 0 Å². The summed E-state index contributed by atoms with van der Waals surface area (Å²) >= 11 is 0. The van der Waals surface area contributed by atoms with Gasteiger partial charge < -0.3 is 17.3 Å². The topological polar surface area (TPSA) is 17.4 Å². The molecule has 0 spiro atoms. The quantitative estimate of drug-likeness (QED) is 0.474. The average Bonchev–Trinajstić information content (AvgIpc) is 1.88. The molecule has 62 valence electrons. The number of H-pyrrole nitrogens is 1. The number of aromatic amines is 1. The van der Waals surface area contributed by atoms with E-state index < -0.39 is 0 Å². The van der Waals surface area contributed by atoms with Gasteiger partial charge >= 0.3 is 0 Å². The van der Waals surface area contributed by atoms with Crippen molar-refractivity contribution in [1.82, 2.24) is 0 Å². The molecule has 1 rings (SSSR count). The second-order valence-corrected chi connectivity index (χ2v) is 2.62. The summed E-state index contributed by atoms with van der Waals surface area (Å²) in [7, 11) is 4.07. The number of aromatic nitrogens is 1. The summed E-state index contributed by atoms with van der Waals surface area (Å²) < 4.78 is 0. The van der Waals surface area contributed by atoms with Crippen LogP contribution in [0.4, 0.5) is 5.69 Å². The first-order chi connectivity index (χ1) is 4.70. The Bertz CT molecular complexity index is 223. The molecule has 0 saturated carbocycles. The zero-order chi connectivity index (χ0) is 7.56. The van der Waals surface area contributed by atoms with Gasteiger partial charge in [0.2, 0.25) is 0 Å². The largest absolute Gasteiger partial charge is 1.00 e. The molecule has 1 N–H and O–H groups in total. The third kappa shape index (κ3) is 2.76. The van der Waals surface area contributed by atoms with Gasteiger partial charge in [0.15, 0.2) is 11.9 Å². The van der Waals surface area contributed by atoms with Gasteiger partial charge in [-0.1, -0.05) is 0 Å². The summed E-state index contributed by atoms with van der Waals surface area (Å²) in [5.74, 6) is 0. The molecule has 0 aliphatic heterocycles. The average molecular weight is 173 g/mol. The van der Waals surface area contributed by atoms with E-state index in [4.69, 9.17) is 0 Å². The number of nitrogens with one attached hydrogen (secondary N) is 1. The van der Waals surface area contributed by atoms with E-state index in [1.54, 1.807) is 0 Å². The van der Waals surface area contributed by atoms with Crippen molar-refractivity contribution < 1.29 is 17.4 Å². The lowest BCUT2D eigenvalue weighted by molar-refractivity contribution is -0.387. The molecule has 1 aromatic heterocycles. The fourth-order valence-corrected chi connectivity index (χ4v) is 0.848. The highest BCUT2D eigenvalue weighted by Gasteiger charge is 1.97. The lowest BCUT2D eigenvalue weighted by Gasteiger charge is -2.09. The number of nitrogens with zero attached hydrogens (tertiary/aromatic N) is 1. The summed E-state index contributed by atoms with van der Waals surface area (Å²) in [6.45, 7) is 2.05. The highest BCUT2D eigenvalue weighted by atomic mass is 35.5. The van der Waals surface area contributed by atoms with Crippen molar-refractivity contribution in [3.05, 3.63) is 24.0 Å². The third-order valence-corrected chi connectivity index (χ3v) is 1.45. The fraction of sp³-hybridized carbons (Fsp3) is 0.375. The molecule has 0 atom stereocenters. The van der Waals surface area contributed by atoms with E-state index in [0.717, 1.165) is 0 Å². The Morgan fingerprint density at radius 2 is 2.00 bits per heavy atom. The second kappa shape index (κ2) is 4.19.